The zero-order valence-electron chi connectivity index (χ0n) is 19.9. The van der Waals surface area contributed by atoms with Crippen LogP contribution in [0.3, 0.4) is 0 Å². The van der Waals surface area contributed by atoms with Crippen LogP contribution in [-0.2, 0) is 24.3 Å². The van der Waals surface area contributed by atoms with Gasteiger partial charge in [0.25, 0.3) is 0 Å². The van der Waals surface area contributed by atoms with Crippen LogP contribution in [0, 0.1) is 0 Å². The van der Waals surface area contributed by atoms with Gasteiger partial charge in [0.2, 0.25) is 5.91 Å². The van der Waals surface area contributed by atoms with Gasteiger partial charge in [-0.2, -0.15) is 0 Å². The zero-order chi connectivity index (χ0) is 22.7. The van der Waals surface area contributed by atoms with Gasteiger partial charge in [0, 0.05) is 65.4 Å². The monoisotopic (exact) mass is 436 g/mol. The molecule has 1 unspecified atom stereocenters. The molecule has 7 heteroatoms. The maximum Gasteiger partial charge on any atom is 0.219 e. The van der Waals surface area contributed by atoms with Crippen LogP contribution >= 0.6 is 0 Å². The van der Waals surface area contributed by atoms with Gasteiger partial charge in [0.05, 0.1) is 12.2 Å². The van der Waals surface area contributed by atoms with Gasteiger partial charge in [-0.15, -0.1) is 0 Å². The number of hydrogen-bond donors (Lipinski definition) is 1. The molecule has 172 valence electrons. The number of hydrogen-bond acceptors (Lipinski definition) is 6. The fourth-order valence-electron chi connectivity index (χ4n) is 4.88. The Morgan fingerprint density at radius 3 is 2.84 bits per heavy atom. The van der Waals surface area contributed by atoms with Crippen LogP contribution in [-0.4, -0.2) is 66.5 Å². The minimum Gasteiger partial charge on any atom is -0.374 e. The summed E-state index contributed by atoms with van der Waals surface area (Å²) >= 11 is 0. The van der Waals surface area contributed by atoms with Gasteiger partial charge in [-0.25, -0.2) is 9.97 Å². The van der Waals surface area contributed by atoms with E-state index in [-0.39, 0.29) is 5.91 Å². The van der Waals surface area contributed by atoms with Crippen molar-refractivity contribution in [1.29, 1.82) is 0 Å². The van der Waals surface area contributed by atoms with Crippen molar-refractivity contribution in [3.63, 3.8) is 0 Å². The minimum atomic E-state index is 0.0186. The number of aryl methyl sites for hydroxylation is 1. The van der Waals surface area contributed by atoms with Gasteiger partial charge in [0.1, 0.15) is 11.6 Å². The van der Waals surface area contributed by atoms with Gasteiger partial charge < -0.3 is 15.1 Å². The summed E-state index contributed by atoms with van der Waals surface area (Å²) in [6.45, 7) is 6.25. The topological polar surface area (TPSA) is 64.6 Å². The summed E-state index contributed by atoms with van der Waals surface area (Å²) in [4.78, 5) is 27.7. The molecule has 32 heavy (non-hydrogen) atoms. The molecule has 1 amide bonds. The van der Waals surface area contributed by atoms with E-state index in [1.54, 1.807) is 18.9 Å². The van der Waals surface area contributed by atoms with E-state index in [4.69, 9.17) is 4.98 Å². The first kappa shape index (κ1) is 22.5. The van der Waals surface area contributed by atoms with Crippen molar-refractivity contribution in [2.45, 2.75) is 51.6 Å². The largest absolute Gasteiger partial charge is 0.374 e. The molecule has 1 aromatic carbocycles. The van der Waals surface area contributed by atoms with Crippen LogP contribution in [0.1, 0.15) is 54.7 Å². The second-order valence-corrected chi connectivity index (χ2v) is 9.28. The third kappa shape index (κ3) is 5.21. The second-order valence-electron chi connectivity index (χ2n) is 9.28. The van der Waals surface area contributed by atoms with Crippen molar-refractivity contribution in [1.82, 2.24) is 19.8 Å². The second kappa shape index (κ2) is 9.86. The van der Waals surface area contributed by atoms with Gasteiger partial charge in [-0.05, 0) is 49.4 Å². The van der Waals surface area contributed by atoms with Crippen molar-refractivity contribution in [2.24, 2.45) is 0 Å². The summed E-state index contributed by atoms with van der Waals surface area (Å²) in [7, 11) is 5.86. The Bertz CT molecular complexity index is 961. The highest BCUT2D eigenvalue weighted by molar-refractivity contribution is 5.72. The highest BCUT2D eigenvalue weighted by Gasteiger charge is 2.24. The highest BCUT2D eigenvalue weighted by atomic mass is 16.2. The maximum atomic E-state index is 11.7. The standard InChI is InChI=1S/C25H36N6O/c1-18(32)30(4)17-25-27-22(14-24(26-2)28-25)21-8-6-12-31(16-21)15-19-9-10-23-20(13-19)7-5-11-29(23)3/h9-10,13-14,21H,5-8,11-12,15-17H2,1-4H3,(H,26,27,28). The first-order chi connectivity index (χ1) is 15.4. The van der Waals surface area contributed by atoms with E-state index in [0.29, 0.717) is 18.3 Å². The molecule has 2 aliphatic rings. The summed E-state index contributed by atoms with van der Waals surface area (Å²) in [5.74, 6) is 1.91. The Morgan fingerprint density at radius 1 is 1.22 bits per heavy atom. The molecule has 0 bridgehead atoms. The number of nitrogens with one attached hydrogen (secondary N) is 1. The van der Waals surface area contributed by atoms with Crippen molar-refractivity contribution >= 4 is 17.4 Å². The predicted octanol–water partition coefficient (Wildman–Crippen LogP) is 3.26. The van der Waals surface area contributed by atoms with Gasteiger partial charge >= 0.3 is 0 Å². The lowest BCUT2D eigenvalue weighted by molar-refractivity contribution is -0.128. The predicted molar refractivity (Wildman–Crippen MR) is 129 cm³/mol. The Kier molecular flexibility index (Phi) is 6.94. The molecule has 3 heterocycles. The number of anilines is 2. The van der Waals surface area contributed by atoms with E-state index in [0.717, 1.165) is 44.1 Å². The molecule has 1 aromatic heterocycles. The molecule has 2 aromatic rings. The number of fused-ring (bicyclic) bond motifs is 1. The summed E-state index contributed by atoms with van der Waals surface area (Å²) < 4.78 is 0. The number of aromatic nitrogens is 2. The maximum absolute atomic E-state index is 11.7. The lowest BCUT2D eigenvalue weighted by Crippen LogP contribution is -2.34. The van der Waals surface area contributed by atoms with Crippen LogP contribution in [0.4, 0.5) is 11.5 Å². The SMILES string of the molecule is CNc1cc(C2CCCN(Cc3ccc4c(c3)CCCN4C)C2)nc(CN(C)C(C)=O)n1. The van der Waals surface area contributed by atoms with Crippen molar-refractivity contribution in [3.05, 3.63) is 46.9 Å². The molecule has 1 fully saturated rings. The normalized spacial score (nSPS) is 18.9. The number of likely N-dealkylation sites (tertiary alicyclic amines) is 1. The number of piperidine rings is 1. The Balaban J connectivity index is 1.47. The molecule has 1 saturated heterocycles. The van der Waals surface area contributed by atoms with Crippen LogP contribution in [0.15, 0.2) is 24.3 Å². The van der Waals surface area contributed by atoms with E-state index in [1.165, 1.54) is 36.1 Å². The van der Waals surface area contributed by atoms with E-state index in [1.807, 2.05) is 7.05 Å². The van der Waals surface area contributed by atoms with Crippen molar-refractivity contribution < 1.29 is 4.79 Å². The summed E-state index contributed by atoms with van der Waals surface area (Å²) in [6, 6.07) is 9.07. The minimum absolute atomic E-state index is 0.0186. The zero-order valence-corrected chi connectivity index (χ0v) is 19.9. The van der Waals surface area contributed by atoms with Gasteiger partial charge in [0.15, 0.2) is 0 Å². The molecule has 0 spiro atoms. The quantitative estimate of drug-likeness (QED) is 0.750. The number of carbonyl (C=O) groups excluding carboxylic acids is 1. The summed E-state index contributed by atoms with van der Waals surface area (Å²) in [5, 5.41) is 3.16. The van der Waals surface area contributed by atoms with Crippen molar-refractivity contribution in [3.8, 4) is 0 Å². The van der Waals surface area contributed by atoms with Crippen molar-refractivity contribution in [2.75, 3.05) is 51.0 Å². The molecule has 4 rings (SSSR count). The lowest BCUT2D eigenvalue weighted by Gasteiger charge is -2.33. The lowest BCUT2D eigenvalue weighted by atomic mass is 9.93. The summed E-state index contributed by atoms with van der Waals surface area (Å²) in [6.07, 6.45) is 4.72. The number of nitrogens with zero attached hydrogens (tertiary/aromatic N) is 5. The Morgan fingerprint density at radius 2 is 2.06 bits per heavy atom. The average molecular weight is 437 g/mol. The van der Waals surface area contributed by atoms with Crippen LogP contribution in [0.2, 0.25) is 0 Å². The molecule has 0 saturated carbocycles. The average Bonchev–Trinajstić information content (AvgIpc) is 2.79. The van der Waals surface area contributed by atoms with E-state index < -0.39 is 0 Å². The molecular weight excluding hydrogens is 400 g/mol. The van der Waals surface area contributed by atoms with E-state index in [9.17, 15) is 4.79 Å². The molecular formula is C25H36N6O. The third-order valence-corrected chi connectivity index (χ3v) is 6.79. The Hall–Kier alpha value is -2.67. The van der Waals surface area contributed by atoms with Crippen LogP contribution < -0.4 is 10.2 Å². The smallest absolute Gasteiger partial charge is 0.219 e. The molecule has 0 aliphatic carbocycles. The van der Waals surface area contributed by atoms with E-state index >= 15 is 0 Å². The highest BCUT2D eigenvalue weighted by Crippen LogP contribution is 2.30. The molecule has 2 aliphatic heterocycles. The first-order valence-corrected chi connectivity index (χ1v) is 11.8. The van der Waals surface area contributed by atoms with Crippen LogP contribution in [0.25, 0.3) is 0 Å². The molecule has 1 atom stereocenters. The number of amides is 1. The number of rotatable bonds is 6. The van der Waals surface area contributed by atoms with E-state index in [2.05, 4.69) is 51.4 Å². The molecule has 0 radical (unpaired) electrons. The van der Waals surface area contributed by atoms with Gasteiger partial charge in [-0.1, -0.05) is 12.1 Å². The molecule has 7 nitrogen and oxygen atoms in total. The molecule has 1 N–H and O–H groups in total. The van der Waals surface area contributed by atoms with Gasteiger partial charge in [-0.3, -0.25) is 9.69 Å². The first-order valence-electron chi connectivity index (χ1n) is 11.8. The fraction of sp³-hybridized carbons (Fsp3) is 0.560. The third-order valence-electron chi connectivity index (χ3n) is 6.79. The van der Waals surface area contributed by atoms with Crippen LogP contribution in [0.5, 0.6) is 0 Å². The summed E-state index contributed by atoms with van der Waals surface area (Å²) in [5.41, 5.74) is 5.36. The number of benzene rings is 1. The number of carbonyl (C=O) groups is 1. The Labute approximate surface area is 191 Å². The fourth-order valence-corrected chi connectivity index (χ4v) is 4.88.